The summed E-state index contributed by atoms with van der Waals surface area (Å²) in [5.41, 5.74) is 0.918. The van der Waals surface area contributed by atoms with Gasteiger partial charge in [0, 0.05) is 0 Å². The summed E-state index contributed by atoms with van der Waals surface area (Å²) < 4.78 is 1.57. The third-order valence-electron chi connectivity index (χ3n) is 3.05. The van der Waals surface area contributed by atoms with Crippen LogP contribution in [0.2, 0.25) is 0 Å². The van der Waals surface area contributed by atoms with E-state index in [1.54, 1.807) is 10.9 Å². The van der Waals surface area contributed by atoms with Crippen LogP contribution in [0.5, 0.6) is 0 Å². The number of fused-ring (bicyclic) bond motifs is 1. The zero-order chi connectivity index (χ0) is 13.3. The van der Waals surface area contributed by atoms with Crippen LogP contribution in [0.15, 0.2) is 16.5 Å². The Balaban J connectivity index is 2.53. The van der Waals surface area contributed by atoms with Gasteiger partial charge in [0.1, 0.15) is 4.83 Å². The standard InChI is InChI=1S/C13H18N2O2S/c1-8(2)4-10(5-16)15-7-14-12-11(13(15)17)9(3)6-18-12/h6-8,10,16H,4-5H2,1-3H3/t10-/m1/s1. The number of hydrogen-bond donors (Lipinski definition) is 1. The number of aryl methyl sites for hydroxylation is 1. The molecule has 0 aliphatic carbocycles. The van der Waals surface area contributed by atoms with E-state index < -0.39 is 0 Å². The molecule has 2 rings (SSSR count). The van der Waals surface area contributed by atoms with E-state index in [-0.39, 0.29) is 18.2 Å². The van der Waals surface area contributed by atoms with Crippen molar-refractivity contribution in [3.05, 3.63) is 27.6 Å². The van der Waals surface area contributed by atoms with Crippen molar-refractivity contribution in [2.45, 2.75) is 33.2 Å². The van der Waals surface area contributed by atoms with E-state index in [9.17, 15) is 9.90 Å². The number of aliphatic hydroxyl groups excluding tert-OH is 1. The minimum atomic E-state index is -0.186. The third-order valence-corrected chi connectivity index (χ3v) is 4.06. The zero-order valence-corrected chi connectivity index (χ0v) is 11.7. The van der Waals surface area contributed by atoms with E-state index >= 15 is 0 Å². The summed E-state index contributed by atoms with van der Waals surface area (Å²) in [6.45, 7) is 6.04. The van der Waals surface area contributed by atoms with Crippen molar-refractivity contribution in [3.63, 3.8) is 0 Å². The summed E-state index contributed by atoms with van der Waals surface area (Å²) in [5.74, 6) is 0.424. The highest BCUT2D eigenvalue weighted by atomic mass is 32.1. The molecule has 0 unspecified atom stereocenters. The third kappa shape index (κ3) is 2.33. The van der Waals surface area contributed by atoms with Gasteiger partial charge < -0.3 is 5.11 Å². The summed E-state index contributed by atoms with van der Waals surface area (Å²) in [6, 6.07) is -0.186. The van der Waals surface area contributed by atoms with Crippen LogP contribution in [-0.2, 0) is 0 Å². The van der Waals surface area contributed by atoms with Crippen molar-refractivity contribution in [2.24, 2.45) is 5.92 Å². The van der Waals surface area contributed by atoms with Crippen molar-refractivity contribution >= 4 is 21.6 Å². The van der Waals surface area contributed by atoms with Gasteiger partial charge in [0.15, 0.2) is 0 Å². The van der Waals surface area contributed by atoms with Crippen molar-refractivity contribution in [1.82, 2.24) is 9.55 Å². The molecule has 5 heteroatoms. The first-order valence-corrected chi connectivity index (χ1v) is 6.98. The topological polar surface area (TPSA) is 55.1 Å². The van der Waals surface area contributed by atoms with Gasteiger partial charge in [-0.3, -0.25) is 9.36 Å². The number of aromatic nitrogens is 2. The second-order valence-electron chi connectivity index (χ2n) is 5.02. The van der Waals surface area contributed by atoms with Gasteiger partial charge in [0.05, 0.1) is 24.4 Å². The molecule has 0 aliphatic rings. The molecule has 0 radical (unpaired) electrons. The molecule has 0 saturated carbocycles. The average molecular weight is 266 g/mol. The first-order valence-electron chi connectivity index (χ1n) is 6.10. The molecular weight excluding hydrogens is 248 g/mol. The monoisotopic (exact) mass is 266 g/mol. The predicted octanol–water partition coefficient (Wildman–Crippen LogP) is 2.35. The summed E-state index contributed by atoms with van der Waals surface area (Å²) in [4.78, 5) is 17.5. The van der Waals surface area contributed by atoms with Crippen LogP contribution in [0.3, 0.4) is 0 Å². The van der Waals surface area contributed by atoms with Crippen LogP contribution in [0, 0.1) is 12.8 Å². The number of hydrogen-bond acceptors (Lipinski definition) is 4. The molecule has 2 aromatic heterocycles. The lowest BCUT2D eigenvalue weighted by Crippen LogP contribution is -2.28. The number of aliphatic hydroxyl groups is 1. The van der Waals surface area contributed by atoms with Gasteiger partial charge in [-0.1, -0.05) is 13.8 Å². The highest BCUT2D eigenvalue weighted by Crippen LogP contribution is 2.21. The molecule has 4 nitrogen and oxygen atoms in total. The maximum Gasteiger partial charge on any atom is 0.262 e. The fraction of sp³-hybridized carbons (Fsp3) is 0.538. The fourth-order valence-electron chi connectivity index (χ4n) is 2.16. The molecule has 0 fully saturated rings. The maximum absolute atomic E-state index is 12.4. The molecule has 1 atom stereocenters. The lowest BCUT2D eigenvalue weighted by molar-refractivity contribution is 0.205. The minimum Gasteiger partial charge on any atom is -0.394 e. The molecule has 0 amide bonds. The fourth-order valence-corrected chi connectivity index (χ4v) is 3.04. The van der Waals surface area contributed by atoms with E-state index in [0.29, 0.717) is 11.3 Å². The normalized spacial score (nSPS) is 13.4. The number of thiophene rings is 1. The number of rotatable bonds is 4. The summed E-state index contributed by atoms with van der Waals surface area (Å²) in [5, 5.41) is 12.1. The molecule has 0 saturated heterocycles. The minimum absolute atomic E-state index is 0.0333. The first kappa shape index (κ1) is 13.2. The molecule has 2 heterocycles. The lowest BCUT2D eigenvalue weighted by atomic mass is 10.0. The maximum atomic E-state index is 12.4. The van der Waals surface area contributed by atoms with Crippen LogP contribution >= 0.6 is 11.3 Å². The molecule has 1 N–H and O–H groups in total. The van der Waals surface area contributed by atoms with Gasteiger partial charge in [-0.15, -0.1) is 11.3 Å². The molecule has 0 aromatic carbocycles. The quantitative estimate of drug-likeness (QED) is 0.924. The van der Waals surface area contributed by atoms with Crippen LogP contribution < -0.4 is 5.56 Å². The Kier molecular flexibility index (Phi) is 3.82. The van der Waals surface area contributed by atoms with E-state index in [1.807, 2.05) is 12.3 Å². The highest BCUT2D eigenvalue weighted by molar-refractivity contribution is 7.16. The lowest BCUT2D eigenvalue weighted by Gasteiger charge is -2.19. The van der Waals surface area contributed by atoms with Gasteiger partial charge in [-0.2, -0.15) is 0 Å². The smallest absolute Gasteiger partial charge is 0.262 e. The Morgan fingerprint density at radius 2 is 2.22 bits per heavy atom. The molecule has 18 heavy (non-hydrogen) atoms. The van der Waals surface area contributed by atoms with Crippen molar-refractivity contribution in [2.75, 3.05) is 6.61 Å². The van der Waals surface area contributed by atoms with E-state index in [2.05, 4.69) is 18.8 Å². The van der Waals surface area contributed by atoms with Crippen molar-refractivity contribution in [3.8, 4) is 0 Å². The average Bonchev–Trinajstić information content (AvgIpc) is 2.69. The molecule has 0 bridgehead atoms. The van der Waals surface area contributed by atoms with E-state index in [1.165, 1.54) is 11.3 Å². The van der Waals surface area contributed by atoms with E-state index in [4.69, 9.17) is 0 Å². The van der Waals surface area contributed by atoms with Gasteiger partial charge in [-0.25, -0.2) is 4.98 Å². The van der Waals surface area contributed by atoms with Crippen molar-refractivity contribution < 1.29 is 5.11 Å². The van der Waals surface area contributed by atoms with Gasteiger partial charge >= 0.3 is 0 Å². The van der Waals surface area contributed by atoms with Crippen molar-refractivity contribution in [1.29, 1.82) is 0 Å². The summed E-state index contributed by atoms with van der Waals surface area (Å²) in [6.07, 6.45) is 2.33. The van der Waals surface area contributed by atoms with Crippen LogP contribution in [0.1, 0.15) is 31.9 Å². The second-order valence-corrected chi connectivity index (χ2v) is 5.88. The SMILES string of the molecule is Cc1csc2ncn([C@@H](CO)CC(C)C)c(=O)c12. The van der Waals surface area contributed by atoms with Crippen LogP contribution in [0.25, 0.3) is 10.2 Å². The van der Waals surface area contributed by atoms with Gasteiger partial charge in [0.25, 0.3) is 5.56 Å². The molecule has 0 spiro atoms. The number of nitrogens with zero attached hydrogens (tertiary/aromatic N) is 2. The molecular formula is C13H18N2O2S. The zero-order valence-electron chi connectivity index (χ0n) is 10.9. The summed E-state index contributed by atoms with van der Waals surface area (Å²) in [7, 11) is 0. The van der Waals surface area contributed by atoms with E-state index in [0.717, 1.165) is 16.8 Å². The van der Waals surface area contributed by atoms with Gasteiger partial charge in [-0.05, 0) is 30.2 Å². The molecule has 0 aliphatic heterocycles. The predicted molar refractivity (Wildman–Crippen MR) is 74.2 cm³/mol. The Labute approximate surface area is 110 Å². The first-order chi connectivity index (χ1) is 8.54. The molecule has 2 aromatic rings. The Morgan fingerprint density at radius 1 is 1.50 bits per heavy atom. The van der Waals surface area contributed by atoms with Crippen LogP contribution in [-0.4, -0.2) is 21.3 Å². The van der Waals surface area contributed by atoms with Crippen LogP contribution in [0.4, 0.5) is 0 Å². The Morgan fingerprint density at radius 3 is 2.83 bits per heavy atom. The summed E-state index contributed by atoms with van der Waals surface area (Å²) >= 11 is 1.48. The Bertz CT molecular complexity index is 601. The highest BCUT2D eigenvalue weighted by Gasteiger charge is 2.16. The molecule has 98 valence electrons. The van der Waals surface area contributed by atoms with Gasteiger partial charge in [0.2, 0.25) is 0 Å². The second kappa shape index (κ2) is 5.20. The largest absolute Gasteiger partial charge is 0.394 e. The Hall–Kier alpha value is -1.20.